The monoisotopic (exact) mass is 612 g/mol. The van der Waals surface area contributed by atoms with Gasteiger partial charge in [-0.2, -0.15) is 0 Å². The summed E-state index contributed by atoms with van der Waals surface area (Å²) in [4.78, 5) is 0. The molecule has 0 spiro atoms. The fourth-order valence-corrected chi connectivity index (χ4v) is 0. The van der Waals surface area contributed by atoms with Crippen molar-refractivity contribution in [3.05, 3.63) is 0 Å². The fraction of sp³-hybridized carbons (Fsp3) is 0. The first-order chi connectivity index (χ1) is 0. The van der Waals surface area contributed by atoms with E-state index in [2.05, 4.69) is 0 Å². The standard InChI is InChI=1S/Au.In.Pt.Ru.3H. The molecule has 35 valence electrons. The Hall–Kier alpha value is 2.92. The third-order valence-corrected chi connectivity index (χ3v) is 0. The molecule has 0 N–H and O–H groups in total. The van der Waals surface area contributed by atoms with Crippen LogP contribution in [0.3, 0.4) is 0 Å². The van der Waals surface area contributed by atoms with E-state index < -0.39 is 0 Å². The number of rotatable bonds is 0. The largest absolute Gasteiger partial charge is 0 e. The molecule has 0 rings (SSSR count). The minimum atomic E-state index is 0. The molecule has 0 unspecified atom stereocenters. The van der Waals surface area contributed by atoms with Crippen LogP contribution in [0.5, 0.6) is 0 Å². The van der Waals surface area contributed by atoms with Gasteiger partial charge in [-0.25, -0.2) is 0 Å². The van der Waals surface area contributed by atoms with Gasteiger partial charge in [-0.15, -0.1) is 0 Å². The average Bonchev–Trinajstić information content (AvgIpc) is 0. The average molecular weight is 611 g/mol. The van der Waals surface area contributed by atoms with Crippen molar-refractivity contribution in [3.8, 4) is 0 Å². The molecule has 0 saturated heterocycles. The van der Waals surface area contributed by atoms with Gasteiger partial charge in [-0.3, -0.25) is 0 Å². The smallest absolute Gasteiger partial charge is 0 e. The zero-order valence-electron chi connectivity index (χ0n) is 0.971. The first kappa shape index (κ1) is 28.4. The van der Waals surface area contributed by atoms with E-state index >= 15 is 0 Å². The van der Waals surface area contributed by atoms with Crippen LogP contribution in [0.1, 0.15) is 0 Å². The van der Waals surface area contributed by atoms with Crippen molar-refractivity contribution in [2.45, 2.75) is 0 Å². The van der Waals surface area contributed by atoms with E-state index in [1.807, 2.05) is 0 Å². The predicted octanol–water partition coefficient (Wildman–Crippen LogP) is -1.19. The normalized spacial score (nSPS) is 0. The SMILES string of the molecule is [Au].[InH3].[Pt].[Ru]. The second-order valence-corrected chi connectivity index (χ2v) is 0. The summed E-state index contributed by atoms with van der Waals surface area (Å²) >= 11 is 0. The first-order valence-corrected chi connectivity index (χ1v) is 0. The number of hydrogen-bond acceptors (Lipinski definition) is 0. The van der Waals surface area contributed by atoms with Gasteiger partial charge >= 0.3 is 25.8 Å². The van der Waals surface area contributed by atoms with Crippen LogP contribution in [-0.2, 0) is 62.9 Å². The second kappa shape index (κ2) is 16.8. The van der Waals surface area contributed by atoms with Gasteiger partial charge in [-0.05, 0) is 0 Å². The fourth-order valence-electron chi connectivity index (χ4n) is 0. The van der Waals surface area contributed by atoms with Crippen molar-refractivity contribution in [2.24, 2.45) is 0 Å². The Labute approximate surface area is 87.2 Å². The van der Waals surface area contributed by atoms with Crippen LogP contribution in [-0.4, -0.2) is 25.8 Å². The van der Waals surface area contributed by atoms with Gasteiger partial charge in [0.2, 0.25) is 0 Å². The molecule has 0 saturated carbocycles. The molecule has 0 heterocycles. The van der Waals surface area contributed by atoms with E-state index in [0.717, 1.165) is 0 Å². The molecule has 0 fully saturated rings. The van der Waals surface area contributed by atoms with Crippen LogP contribution in [0, 0.1) is 0 Å². The van der Waals surface area contributed by atoms with Crippen molar-refractivity contribution in [2.75, 3.05) is 0 Å². The Morgan fingerprint density at radius 3 is 1.00 bits per heavy atom. The summed E-state index contributed by atoms with van der Waals surface area (Å²) in [7, 11) is 0. The van der Waals surface area contributed by atoms with Gasteiger partial charge in [-0.1, -0.05) is 0 Å². The van der Waals surface area contributed by atoms with Gasteiger partial charge in [0.05, 0.1) is 0 Å². The molecular weight excluding hydrogens is 608 g/mol. The van der Waals surface area contributed by atoms with Gasteiger partial charge < -0.3 is 0 Å². The minimum Gasteiger partial charge on any atom is 0 e. The molecule has 0 aromatic rings. The molecule has 0 bridgehead atoms. The summed E-state index contributed by atoms with van der Waals surface area (Å²) < 4.78 is 0. The zero-order valence-corrected chi connectivity index (χ0v) is 7.15. The second-order valence-electron chi connectivity index (χ2n) is 0. The van der Waals surface area contributed by atoms with E-state index in [1.54, 1.807) is 0 Å². The maximum absolute atomic E-state index is 0. The zero-order chi connectivity index (χ0) is 0. The molecule has 0 amide bonds. The van der Waals surface area contributed by atoms with Crippen molar-refractivity contribution < 1.29 is 62.9 Å². The molecule has 0 aliphatic rings. The Morgan fingerprint density at radius 1 is 1.00 bits per heavy atom. The topological polar surface area (TPSA) is 0 Å². The molecule has 0 aromatic heterocycles. The summed E-state index contributed by atoms with van der Waals surface area (Å²) in [5.74, 6) is 0. The third kappa shape index (κ3) is 8.87. The van der Waals surface area contributed by atoms with Crippen LogP contribution < -0.4 is 0 Å². The Morgan fingerprint density at radius 2 is 1.00 bits per heavy atom. The third-order valence-electron chi connectivity index (χ3n) is 0. The van der Waals surface area contributed by atoms with E-state index in [-0.39, 0.29) is 88.8 Å². The van der Waals surface area contributed by atoms with E-state index in [0.29, 0.717) is 0 Å². The van der Waals surface area contributed by atoms with Crippen molar-refractivity contribution in [1.82, 2.24) is 0 Å². The van der Waals surface area contributed by atoms with Gasteiger partial charge in [0.25, 0.3) is 0 Å². The Kier molecular flexibility index (Phi) is 119. The maximum atomic E-state index is 0. The predicted molar refractivity (Wildman–Crippen MR) is 9.94 cm³/mol. The Balaban J connectivity index is 0. The van der Waals surface area contributed by atoms with Gasteiger partial charge in [0.15, 0.2) is 0 Å². The summed E-state index contributed by atoms with van der Waals surface area (Å²) in [6.45, 7) is 0. The van der Waals surface area contributed by atoms with Crippen LogP contribution in [0.4, 0.5) is 0 Å². The minimum absolute atomic E-state index is 0. The summed E-state index contributed by atoms with van der Waals surface area (Å²) in [6.07, 6.45) is 0. The molecule has 0 aliphatic carbocycles. The molecule has 4 heteroatoms. The van der Waals surface area contributed by atoms with Crippen LogP contribution >= 0.6 is 0 Å². The molecule has 0 nitrogen and oxygen atoms in total. The molecule has 0 aromatic carbocycles. The molecule has 0 atom stereocenters. The van der Waals surface area contributed by atoms with Gasteiger partial charge in [0, 0.05) is 62.9 Å². The summed E-state index contributed by atoms with van der Waals surface area (Å²) in [5, 5.41) is 0. The van der Waals surface area contributed by atoms with E-state index in [4.69, 9.17) is 0 Å². The first-order valence-electron chi connectivity index (χ1n) is 0. The molecule has 4 heavy (non-hydrogen) atoms. The molecular formula is H3AuInPtRu. The van der Waals surface area contributed by atoms with Crippen molar-refractivity contribution in [1.29, 1.82) is 0 Å². The summed E-state index contributed by atoms with van der Waals surface area (Å²) in [6, 6.07) is 0. The summed E-state index contributed by atoms with van der Waals surface area (Å²) in [5.41, 5.74) is 0. The number of hydrogen-bond donors (Lipinski definition) is 0. The maximum Gasteiger partial charge on any atom is 0 e. The Bertz CT molecular complexity index is 8.00. The van der Waals surface area contributed by atoms with Crippen molar-refractivity contribution >= 4 is 25.8 Å². The van der Waals surface area contributed by atoms with Gasteiger partial charge in [0.1, 0.15) is 0 Å². The van der Waals surface area contributed by atoms with E-state index in [9.17, 15) is 0 Å². The van der Waals surface area contributed by atoms with Crippen LogP contribution in [0.25, 0.3) is 0 Å². The quantitative estimate of drug-likeness (QED) is 0.303. The van der Waals surface area contributed by atoms with Crippen molar-refractivity contribution in [3.63, 3.8) is 0 Å². The molecule has 0 aliphatic heterocycles. The van der Waals surface area contributed by atoms with Crippen LogP contribution in [0.15, 0.2) is 0 Å². The van der Waals surface area contributed by atoms with E-state index in [1.165, 1.54) is 0 Å². The molecule has 1 radical (unpaired) electrons. The van der Waals surface area contributed by atoms with Crippen LogP contribution in [0.2, 0.25) is 0 Å².